The van der Waals surface area contributed by atoms with Crippen molar-refractivity contribution in [3.8, 4) is 11.5 Å². The third kappa shape index (κ3) is 2.93. The summed E-state index contributed by atoms with van der Waals surface area (Å²) in [6.07, 6.45) is 0. The van der Waals surface area contributed by atoms with E-state index in [1.165, 1.54) is 20.3 Å². The van der Waals surface area contributed by atoms with E-state index in [4.69, 9.17) is 31.9 Å². The smallest absolute Gasteiger partial charge is 0.325 e. The summed E-state index contributed by atoms with van der Waals surface area (Å²) in [5, 5.41) is 9.36. The SMILES string of the molecule is COc1c(Cl)cc(C(N)C(=O)O)c(C(C)C)c1OC. The number of hydrogen-bond donors (Lipinski definition) is 2. The van der Waals surface area contributed by atoms with Crippen molar-refractivity contribution < 1.29 is 19.4 Å². The van der Waals surface area contributed by atoms with E-state index in [0.29, 0.717) is 22.6 Å². The Bertz CT molecular complexity index is 488. The maximum atomic E-state index is 11.1. The van der Waals surface area contributed by atoms with Crippen LogP contribution in [-0.2, 0) is 4.79 Å². The number of halogens is 1. The highest BCUT2D eigenvalue weighted by atomic mass is 35.5. The highest BCUT2D eigenvalue weighted by Crippen LogP contribution is 2.44. The largest absolute Gasteiger partial charge is 0.492 e. The highest BCUT2D eigenvalue weighted by Gasteiger charge is 2.27. The van der Waals surface area contributed by atoms with E-state index >= 15 is 0 Å². The fourth-order valence-corrected chi connectivity index (χ4v) is 2.30. The highest BCUT2D eigenvalue weighted by molar-refractivity contribution is 6.32. The number of aliphatic carboxylic acids is 1. The lowest BCUT2D eigenvalue weighted by atomic mass is 9.91. The first-order valence-electron chi connectivity index (χ1n) is 5.77. The molecule has 19 heavy (non-hydrogen) atoms. The lowest BCUT2D eigenvalue weighted by molar-refractivity contribution is -0.138. The molecule has 0 radical (unpaired) electrons. The molecule has 1 rings (SSSR count). The molecule has 0 aliphatic carbocycles. The number of methoxy groups -OCH3 is 2. The minimum Gasteiger partial charge on any atom is -0.492 e. The molecule has 0 aliphatic rings. The number of benzene rings is 1. The fourth-order valence-electron chi connectivity index (χ4n) is 2.02. The van der Waals surface area contributed by atoms with Crippen molar-refractivity contribution in [3.63, 3.8) is 0 Å². The minimum absolute atomic E-state index is 0.0153. The Balaban J connectivity index is 3.64. The average molecular weight is 288 g/mol. The van der Waals surface area contributed by atoms with Gasteiger partial charge in [-0.1, -0.05) is 25.4 Å². The fraction of sp³-hybridized carbons (Fsp3) is 0.462. The third-order valence-electron chi connectivity index (χ3n) is 2.85. The second-order valence-electron chi connectivity index (χ2n) is 4.40. The van der Waals surface area contributed by atoms with Gasteiger partial charge in [0, 0.05) is 5.56 Å². The third-order valence-corrected chi connectivity index (χ3v) is 3.13. The zero-order valence-electron chi connectivity index (χ0n) is 11.4. The standard InChI is InChI=1S/C13H18ClNO4/c1-6(2)9-7(10(15)13(16)17)5-8(14)11(18-3)12(9)19-4/h5-6,10H,15H2,1-4H3,(H,16,17). The van der Waals surface area contributed by atoms with Crippen LogP contribution in [0, 0.1) is 0 Å². The Morgan fingerprint density at radius 2 is 1.84 bits per heavy atom. The van der Waals surface area contributed by atoms with Crippen LogP contribution >= 0.6 is 11.6 Å². The molecule has 0 fully saturated rings. The summed E-state index contributed by atoms with van der Waals surface area (Å²) in [6, 6.07) is 0.367. The van der Waals surface area contributed by atoms with Crippen LogP contribution < -0.4 is 15.2 Å². The lowest BCUT2D eigenvalue weighted by Crippen LogP contribution is -2.23. The van der Waals surface area contributed by atoms with Gasteiger partial charge in [-0.05, 0) is 17.5 Å². The van der Waals surface area contributed by atoms with Crippen molar-refractivity contribution in [2.24, 2.45) is 5.73 Å². The van der Waals surface area contributed by atoms with Gasteiger partial charge in [-0.2, -0.15) is 0 Å². The van der Waals surface area contributed by atoms with E-state index in [-0.39, 0.29) is 10.9 Å². The second-order valence-corrected chi connectivity index (χ2v) is 4.81. The van der Waals surface area contributed by atoms with Gasteiger partial charge in [-0.3, -0.25) is 4.79 Å². The number of carbonyl (C=O) groups is 1. The molecule has 0 amide bonds. The number of rotatable bonds is 5. The van der Waals surface area contributed by atoms with E-state index in [1.54, 1.807) is 0 Å². The monoisotopic (exact) mass is 287 g/mol. The first-order chi connectivity index (χ1) is 8.84. The zero-order chi connectivity index (χ0) is 14.7. The molecule has 0 heterocycles. The van der Waals surface area contributed by atoms with Gasteiger partial charge < -0.3 is 20.3 Å². The van der Waals surface area contributed by atoms with E-state index < -0.39 is 12.0 Å². The van der Waals surface area contributed by atoms with Crippen LogP contribution in [0.2, 0.25) is 5.02 Å². The molecule has 0 saturated carbocycles. The topological polar surface area (TPSA) is 81.8 Å². The molecule has 106 valence electrons. The van der Waals surface area contributed by atoms with Crippen LogP contribution in [0.3, 0.4) is 0 Å². The van der Waals surface area contributed by atoms with Gasteiger partial charge in [0.15, 0.2) is 11.5 Å². The number of hydrogen-bond acceptors (Lipinski definition) is 4. The molecule has 0 aromatic heterocycles. The lowest BCUT2D eigenvalue weighted by Gasteiger charge is -2.22. The molecule has 6 heteroatoms. The summed E-state index contributed by atoms with van der Waals surface area (Å²) in [7, 11) is 2.96. The molecule has 0 spiro atoms. The molecule has 0 aliphatic heterocycles. The van der Waals surface area contributed by atoms with Crippen molar-refractivity contribution in [2.45, 2.75) is 25.8 Å². The number of carboxylic acid groups (broad SMARTS) is 1. The second kappa shape index (κ2) is 6.12. The normalized spacial score (nSPS) is 12.4. The molecular formula is C13H18ClNO4. The molecule has 0 bridgehead atoms. The Morgan fingerprint density at radius 1 is 1.32 bits per heavy atom. The van der Waals surface area contributed by atoms with Gasteiger partial charge >= 0.3 is 5.97 Å². The predicted octanol–water partition coefficient (Wildman–Crippen LogP) is 2.57. The van der Waals surface area contributed by atoms with Crippen molar-refractivity contribution in [2.75, 3.05) is 14.2 Å². The molecule has 5 nitrogen and oxygen atoms in total. The number of ether oxygens (including phenoxy) is 2. The van der Waals surface area contributed by atoms with Crippen molar-refractivity contribution in [1.82, 2.24) is 0 Å². The van der Waals surface area contributed by atoms with E-state index in [9.17, 15) is 4.79 Å². The molecular weight excluding hydrogens is 270 g/mol. The van der Waals surface area contributed by atoms with Gasteiger partial charge in [0.05, 0.1) is 19.2 Å². The summed E-state index contributed by atoms with van der Waals surface area (Å²) in [5.41, 5.74) is 6.83. The van der Waals surface area contributed by atoms with Gasteiger partial charge in [-0.15, -0.1) is 0 Å². The summed E-state index contributed by atoms with van der Waals surface area (Å²) < 4.78 is 10.5. The van der Waals surface area contributed by atoms with Crippen LogP contribution in [0.1, 0.15) is 36.9 Å². The average Bonchev–Trinajstić information content (AvgIpc) is 2.35. The minimum atomic E-state index is -1.16. The van der Waals surface area contributed by atoms with E-state index in [2.05, 4.69) is 0 Å². The van der Waals surface area contributed by atoms with Crippen molar-refractivity contribution in [1.29, 1.82) is 0 Å². The molecule has 1 aromatic rings. The number of carboxylic acids is 1. The molecule has 0 saturated heterocycles. The molecule has 1 atom stereocenters. The first kappa shape index (κ1) is 15.6. The predicted molar refractivity (Wildman–Crippen MR) is 73.2 cm³/mol. The van der Waals surface area contributed by atoms with Crippen LogP contribution in [0.15, 0.2) is 6.07 Å². The summed E-state index contributed by atoms with van der Waals surface area (Å²) in [6.45, 7) is 3.84. The van der Waals surface area contributed by atoms with Crippen LogP contribution in [0.4, 0.5) is 0 Å². The van der Waals surface area contributed by atoms with Gasteiger partial charge in [0.1, 0.15) is 6.04 Å². The van der Waals surface area contributed by atoms with Crippen molar-refractivity contribution in [3.05, 3.63) is 22.2 Å². The first-order valence-corrected chi connectivity index (χ1v) is 6.15. The maximum absolute atomic E-state index is 11.1. The maximum Gasteiger partial charge on any atom is 0.325 e. The quantitative estimate of drug-likeness (QED) is 0.870. The Labute approximate surface area is 117 Å². The summed E-state index contributed by atoms with van der Waals surface area (Å²) in [5.74, 6) is -0.294. The number of nitrogens with two attached hydrogens (primary N) is 1. The Morgan fingerprint density at radius 3 is 2.21 bits per heavy atom. The Kier molecular flexibility index (Phi) is 5.03. The van der Waals surface area contributed by atoms with Crippen molar-refractivity contribution >= 4 is 17.6 Å². The van der Waals surface area contributed by atoms with E-state index in [0.717, 1.165) is 0 Å². The molecule has 1 aromatic carbocycles. The van der Waals surface area contributed by atoms with E-state index in [1.807, 2.05) is 13.8 Å². The van der Waals surface area contributed by atoms with Crippen LogP contribution in [-0.4, -0.2) is 25.3 Å². The van der Waals surface area contributed by atoms with Gasteiger partial charge in [0.25, 0.3) is 0 Å². The van der Waals surface area contributed by atoms with Crippen LogP contribution in [0.25, 0.3) is 0 Å². The molecule has 3 N–H and O–H groups in total. The Hall–Kier alpha value is -1.46. The van der Waals surface area contributed by atoms with Crippen LogP contribution in [0.5, 0.6) is 11.5 Å². The van der Waals surface area contributed by atoms with Gasteiger partial charge in [-0.25, -0.2) is 0 Å². The summed E-state index contributed by atoms with van der Waals surface area (Å²) >= 11 is 6.09. The van der Waals surface area contributed by atoms with Gasteiger partial charge in [0.2, 0.25) is 0 Å². The zero-order valence-corrected chi connectivity index (χ0v) is 12.1. The molecule has 1 unspecified atom stereocenters. The summed E-state index contributed by atoms with van der Waals surface area (Å²) in [4.78, 5) is 11.1.